The summed E-state index contributed by atoms with van der Waals surface area (Å²) in [5, 5.41) is 7.38. The van der Waals surface area contributed by atoms with E-state index in [0.29, 0.717) is 15.6 Å². The van der Waals surface area contributed by atoms with Gasteiger partial charge < -0.3 is 15.4 Å². The molecule has 2 aromatic heterocycles. The smallest absolute Gasteiger partial charge is 0.340 e. The number of aromatic nitrogens is 1. The van der Waals surface area contributed by atoms with E-state index in [1.807, 2.05) is 0 Å². The highest BCUT2D eigenvalue weighted by atomic mass is 35.5. The summed E-state index contributed by atoms with van der Waals surface area (Å²) in [5.74, 6) is -1.33. The maximum Gasteiger partial charge on any atom is 0.340 e. The summed E-state index contributed by atoms with van der Waals surface area (Å²) >= 11 is 7.01. The van der Waals surface area contributed by atoms with Crippen LogP contribution in [0.5, 0.6) is 0 Å². The molecule has 0 saturated carbocycles. The third-order valence-corrected chi connectivity index (χ3v) is 4.56. The molecule has 0 aliphatic rings. The number of nitrogens with zero attached hydrogens (tertiary/aromatic N) is 1. The van der Waals surface area contributed by atoms with Crippen molar-refractivity contribution >= 4 is 52.2 Å². The summed E-state index contributed by atoms with van der Waals surface area (Å²) in [6.07, 6.45) is 1.38. The van der Waals surface area contributed by atoms with Crippen molar-refractivity contribution in [2.75, 3.05) is 17.2 Å². The Morgan fingerprint density at radius 3 is 2.57 bits per heavy atom. The molecule has 0 spiro atoms. The van der Waals surface area contributed by atoms with E-state index in [1.165, 1.54) is 29.7 Å². The van der Waals surface area contributed by atoms with Crippen molar-refractivity contribution in [1.29, 1.82) is 0 Å². The average molecular weight is 416 g/mol. The third-order valence-electron chi connectivity index (χ3n) is 3.47. The van der Waals surface area contributed by atoms with Gasteiger partial charge in [-0.25, -0.2) is 9.78 Å². The Kier molecular flexibility index (Phi) is 6.36. The van der Waals surface area contributed by atoms with Crippen molar-refractivity contribution in [3.8, 4) is 0 Å². The molecular weight excluding hydrogens is 402 g/mol. The molecule has 2 N–H and O–H groups in total. The minimum absolute atomic E-state index is 0.143. The molecule has 0 radical (unpaired) electrons. The predicted octanol–water partition coefficient (Wildman–Crippen LogP) is 3.84. The zero-order chi connectivity index (χ0) is 19.9. The number of thiophene rings is 1. The normalized spacial score (nSPS) is 10.2. The first-order valence-electron chi connectivity index (χ1n) is 8.05. The third kappa shape index (κ3) is 5.15. The van der Waals surface area contributed by atoms with Gasteiger partial charge in [-0.1, -0.05) is 29.8 Å². The fourth-order valence-corrected chi connectivity index (χ4v) is 2.93. The second-order valence-electron chi connectivity index (χ2n) is 5.46. The molecule has 2 heterocycles. The van der Waals surface area contributed by atoms with Gasteiger partial charge in [-0.05, 0) is 35.7 Å². The Hall–Kier alpha value is -3.23. The predicted molar refractivity (Wildman–Crippen MR) is 107 cm³/mol. The second kappa shape index (κ2) is 9.12. The van der Waals surface area contributed by atoms with E-state index < -0.39 is 18.5 Å². The quantitative estimate of drug-likeness (QED) is 0.596. The Morgan fingerprint density at radius 2 is 1.86 bits per heavy atom. The molecular formula is C19H14ClN3O4S. The molecule has 0 aliphatic heterocycles. The molecule has 3 rings (SSSR count). The topological polar surface area (TPSA) is 97.4 Å². The van der Waals surface area contributed by atoms with E-state index in [9.17, 15) is 14.4 Å². The largest absolute Gasteiger partial charge is 0.452 e. The van der Waals surface area contributed by atoms with Crippen LogP contribution in [0.3, 0.4) is 0 Å². The number of para-hydroxylation sites is 1. The zero-order valence-electron chi connectivity index (χ0n) is 14.3. The fourth-order valence-electron chi connectivity index (χ4n) is 2.20. The van der Waals surface area contributed by atoms with Gasteiger partial charge in [0.1, 0.15) is 5.82 Å². The van der Waals surface area contributed by atoms with Crippen molar-refractivity contribution in [2.45, 2.75) is 0 Å². The zero-order valence-corrected chi connectivity index (χ0v) is 15.9. The molecule has 3 aromatic rings. The van der Waals surface area contributed by atoms with E-state index in [2.05, 4.69) is 15.6 Å². The first-order chi connectivity index (χ1) is 13.5. The summed E-state index contributed by atoms with van der Waals surface area (Å²) < 4.78 is 5.05. The van der Waals surface area contributed by atoms with Crippen LogP contribution >= 0.6 is 22.9 Å². The van der Waals surface area contributed by atoms with Gasteiger partial charge in [0.15, 0.2) is 6.61 Å². The number of benzene rings is 1. The summed E-state index contributed by atoms with van der Waals surface area (Å²) in [6.45, 7) is -0.504. The molecule has 7 nitrogen and oxygen atoms in total. The number of hydrogen-bond donors (Lipinski definition) is 2. The highest BCUT2D eigenvalue weighted by Gasteiger charge is 2.17. The average Bonchev–Trinajstić information content (AvgIpc) is 3.23. The molecule has 142 valence electrons. The number of rotatable bonds is 6. The summed E-state index contributed by atoms with van der Waals surface area (Å²) in [6, 6.07) is 12.9. The molecule has 28 heavy (non-hydrogen) atoms. The minimum Gasteiger partial charge on any atom is -0.452 e. The van der Waals surface area contributed by atoms with Crippen LogP contribution in [0.2, 0.25) is 5.02 Å². The number of nitrogens with one attached hydrogen (secondary N) is 2. The van der Waals surface area contributed by atoms with E-state index in [-0.39, 0.29) is 17.3 Å². The Balaban J connectivity index is 1.60. The molecule has 2 amide bonds. The van der Waals surface area contributed by atoms with Gasteiger partial charge in [-0.2, -0.15) is 0 Å². The fraction of sp³-hybridized carbons (Fsp3) is 0.0526. The van der Waals surface area contributed by atoms with Crippen molar-refractivity contribution in [3.05, 3.63) is 75.6 Å². The van der Waals surface area contributed by atoms with Crippen LogP contribution in [0.4, 0.5) is 11.5 Å². The van der Waals surface area contributed by atoms with Crippen LogP contribution in [0.15, 0.2) is 60.1 Å². The second-order valence-corrected chi connectivity index (χ2v) is 6.85. The minimum atomic E-state index is -0.735. The number of anilines is 2. The van der Waals surface area contributed by atoms with Gasteiger partial charge in [0.05, 0.1) is 21.2 Å². The first-order valence-corrected chi connectivity index (χ1v) is 9.31. The van der Waals surface area contributed by atoms with Gasteiger partial charge in [0.25, 0.3) is 11.8 Å². The van der Waals surface area contributed by atoms with Crippen molar-refractivity contribution in [1.82, 2.24) is 4.98 Å². The van der Waals surface area contributed by atoms with E-state index in [0.717, 1.165) is 0 Å². The van der Waals surface area contributed by atoms with E-state index in [4.69, 9.17) is 16.3 Å². The molecule has 0 atom stereocenters. The lowest BCUT2D eigenvalue weighted by Gasteiger charge is -2.10. The maximum absolute atomic E-state index is 12.4. The van der Waals surface area contributed by atoms with Crippen LogP contribution in [0.1, 0.15) is 20.0 Å². The Bertz CT molecular complexity index is 991. The summed E-state index contributed by atoms with van der Waals surface area (Å²) in [5.41, 5.74) is 0.440. The van der Waals surface area contributed by atoms with E-state index in [1.54, 1.807) is 41.8 Å². The Labute approximate surface area is 169 Å². The van der Waals surface area contributed by atoms with Crippen molar-refractivity contribution in [3.63, 3.8) is 0 Å². The molecule has 0 unspecified atom stereocenters. The molecule has 0 bridgehead atoms. The van der Waals surface area contributed by atoms with Crippen LogP contribution in [-0.4, -0.2) is 29.4 Å². The van der Waals surface area contributed by atoms with Gasteiger partial charge in [0.2, 0.25) is 0 Å². The SMILES string of the molecule is O=C(COC(=O)c1ccccc1NC(=O)c1cccs1)Nc1ccc(Cl)cn1. The lowest BCUT2D eigenvalue weighted by Crippen LogP contribution is -2.22. The van der Waals surface area contributed by atoms with Gasteiger partial charge in [-0.15, -0.1) is 11.3 Å². The van der Waals surface area contributed by atoms with E-state index >= 15 is 0 Å². The van der Waals surface area contributed by atoms with Gasteiger partial charge >= 0.3 is 5.97 Å². The molecule has 1 aromatic carbocycles. The summed E-state index contributed by atoms with van der Waals surface area (Å²) in [4.78, 5) is 40.9. The lowest BCUT2D eigenvalue weighted by molar-refractivity contribution is -0.119. The number of amides is 2. The standard InChI is InChI=1S/C19H14ClN3O4S/c20-12-7-8-16(21-10-12)23-17(24)11-27-19(26)13-4-1-2-5-14(13)22-18(25)15-6-3-9-28-15/h1-10H,11H2,(H,22,25)(H,21,23,24). The number of ether oxygens (including phenoxy) is 1. The number of carbonyl (C=O) groups is 3. The first kappa shape index (κ1) is 19.5. The highest BCUT2D eigenvalue weighted by molar-refractivity contribution is 7.12. The van der Waals surface area contributed by atoms with Crippen LogP contribution in [0, 0.1) is 0 Å². The highest BCUT2D eigenvalue weighted by Crippen LogP contribution is 2.19. The maximum atomic E-state index is 12.4. The molecule has 0 fully saturated rings. The van der Waals surface area contributed by atoms with Crippen LogP contribution in [0.25, 0.3) is 0 Å². The number of halogens is 1. The van der Waals surface area contributed by atoms with Gasteiger partial charge in [-0.3, -0.25) is 9.59 Å². The van der Waals surface area contributed by atoms with Crippen molar-refractivity contribution in [2.24, 2.45) is 0 Å². The lowest BCUT2D eigenvalue weighted by atomic mass is 10.2. The van der Waals surface area contributed by atoms with Crippen LogP contribution < -0.4 is 10.6 Å². The number of esters is 1. The summed E-state index contributed by atoms with van der Waals surface area (Å²) in [7, 11) is 0. The molecule has 0 aliphatic carbocycles. The van der Waals surface area contributed by atoms with Crippen molar-refractivity contribution < 1.29 is 19.1 Å². The monoisotopic (exact) mass is 415 g/mol. The number of carbonyl (C=O) groups excluding carboxylic acids is 3. The molecule has 9 heteroatoms. The Morgan fingerprint density at radius 1 is 1.04 bits per heavy atom. The van der Waals surface area contributed by atoms with Crippen LogP contribution in [-0.2, 0) is 9.53 Å². The number of hydrogen-bond acceptors (Lipinski definition) is 6. The number of pyridine rings is 1. The van der Waals surface area contributed by atoms with Gasteiger partial charge in [0, 0.05) is 6.20 Å². The molecule has 0 saturated heterocycles.